The smallest absolute Gasteiger partial charge is 0.267 e. The molecule has 31 heavy (non-hydrogen) atoms. The molecule has 2 heterocycles. The summed E-state index contributed by atoms with van der Waals surface area (Å²) < 4.78 is 1.53. The van der Waals surface area contributed by atoms with Gasteiger partial charge in [-0.25, -0.2) is 9.97 Å². The van der Waals surface area contributed by atoms with Crippen molar-refractivity contribution in [2.75, 3.05) is 5.32 Å². The van der Waals surface area contributed by atoms with Crippen LogP contribution < -0.4 is 10.9 Å². The van der Waals surface area contributed by atoms with E-state index in [1.807, 2.05) is 42.5 Å². The van der Waals surface area contributed by atoms with Crippen molar-refractivity contribution in [3.63, 3.8) is 0 Å². The Morgan fingerprint density at radius 1 is 0.903 bits per heavy atom. The number of benzene rings is 3. The number of hydrogen-bond donors (Lipinski definition) is 1. The first-order valence-electron chi connectivity index (χ1n) is 9.86. The Morgan fingerprint density at radius 3 is 2.58 bits per heavy atom. The lowest BCUT2D eigenvalue weighted by Crippen LogP contribution is -2.22. The molecule has 2 aromatic heterocycles. The zero-order chi connectivity index (χ0) is 21.4. The van der Waals surface area contributed by atoms with E-state index in [2.05, 4.69) is 15.3 Å². The van der Waals surface area contributed by atoms with Gasteiger partial charge in [0.05, 0.1) is 11.1 Å². The summed E-state index contributed by atoms with van der Waals surface area (Å²) in [6.07, 6.45) is 1.61. The molecule has 150 valence electrons. The Bertz CT molecular complexity index is 1520. The average Bonchev–Trinajstić information content (AvgIpc) is 2.79. The number of hydrogen-bond acceptors (Lipinski definition) is 4. The fraction of sp³-hybridized carbons (Fsp3) is 0.0400. The molecule has 1 N–H and O–H groups in total. The molecule has 0 aliphatic rings. The molecule has 0 aliphatic carbocycles. The van der Waals surface area contributed by atoms with E-state index in [0.29, 0.717) is 33.8 Å². The molecule has 0 unspecified atom stereocenters. The average molecular weight is 406 g/mol. The number of rotatable bonds is 3. The van der Waals surface area contributed by atoms with E-state index in [4.69, 9.17) is 0 Å². The van der Waals surface area contributed by atoms with E-state index in [0.717, 1.165) is 10.8 Å². The van der Waals surface area contributed by atoms with Crippen molar-refractivity contribution < 1.29 is 4.79 Å². The molecule has 0 saturated heterocycles. The van der Waals surface area contributed by atoms with Crippen molar-refractivity contribution in [1.82, 2.24) is 14.5 Å². The maximum absolute atomic E-state index is 13.0. The number of aryl methyl sites for hydroxylation is 1. The van der Waals surface area contributed by atoms with Gasteiger partial charge in [0.15, 0.2) is 5.65 Å². The van der Waals surface area contributed by atoms with Gasteiger partial charge in [-0.1, -0.05) is 42.5 Å². The van der Waals surface area contributed by atoms with Gasteiger partial charge in [-0.15, -0.1) is 0 Å². The van der Waals surface area contributed by atoms with E-state index < -0.39 is 0 Å². The van der Waals surface area contributed by atoms with Crippen LogP contribution in [0.4, 0.5) is 5.69 Å². The van der Waals surface area contributed by atoms with E-state index in [-0.39, 0.29) is 11.5 Å². The van der Waals surface area contributed by atoms with Crippen LogP contribution in [0, 0.1) is 6.92 Å². The van der Waals surface area contributed by atoms with Crippen molar-refractivity contribution in [3.05, 3.63) is 107 Å². The van der Waals surface area contributed by atoms with Crippen LogP contribution in [0.5, 0.6) is 0 Å². The van der Waals surface area contributed by atoms with Gasteiger partial charge in [0.1, 0.15) is 5.82 Å². The van der Waals surface area contributed by atoms with Crippen LogP contribution in [0.2, 0.25) is 0 Å². The number of pyridine rings is 1. The number of amides is 1. The molecular weight excluding hydrogens is 388 g/mol. The Hall–Kier alpha value is -4.32. The number of fused-ring (bicyclic) bond motifs is 2. The summed E-state index contributed by atoms with van der Waals surface area (Å²) in [7, 11) is 0. The molecule has 5 aromatic rings. The molecular formula is C25H18N4O2. The number of aromatic nitrogens is 3. The highest BCUT2D eigenvalue weighted by Gasteiger charge is 2.13. The SMILES string of the molecule is Cc1nc2ncccc2c(=O)n1-c1cccc(NC(=O)c2cccc3ccccc23)c1. The van der Waals surface area contributed by atoms with Crippen molar-refractivity contribution >= 4 is 33.4 Å². The van der Waals surface area contributed by atoms with Crippen molar-refractivity contribution in [1.29, 1.82) is 0 Å². The molecule has 0 saturated carbocycles. The summed E-state index contributed by atoms with van der Waals surface area (Å²) >= 11 is 0. The Labute approximate surface area is 177 Å². The summed E-state index contributed by atoms with van der Waals surface area (Å²) in [5.74, 6) is 0.313. The Morgan fingerprint density at radius 2 is 1.68 bits per heavy atom. The number of carbonyl (C=O) groups is 1. The van der Waals surface area contributed by atoms with E-state index >= 15 is 0 Å². The minimum Gasteiger partial charge on any atom is -0.322 e. The molecule has 6 nitrogen and oxygen atoms in total. The third-order valence-electron chi connectivity index (χ3n) is 5.21. The summed E-state index contributed by atoms with van der Waals surface area (Å²) in [6.45, 7) is 1.76. The first-order chi connectivity index (χ1) is 15.1. The van der Waals surface area contributed by atoms with Crippen LogP contribution >= 0.6 is 0 Å². The van der Waals surface area contributed by atoms with Gasteiger partial charge >= 0.3 is 0 Å². The molecule has 0 radical (unpaired) electrons. The highest BCUT2D eigenvalue weighted by Crippen LogP contribution is 2.21. The maximum atomic E-state index is 13.0. The van der Waals surface area contributed by atoms with Gasteiger partial charge in [-0.05, 0) is 54.1 Å². The van der Waals surface area contributed by atoms with Gasteiger partial charge in [0.25, 0.3) is 11.5 Å². The predicted molar refractivity (Wildman–Crippen MR) is 122 cm³/mol. The van der Waals surface area contributed by atoms with Crippen molar-refractivity contribution in [2.24, 2.45) is 0 Å². The molecule has 0 bridgehead atoms. The van der Waals surface area contributed by atoms with Crippen molar-refractivity contribution in [2.45, 2.75) is 6.92 Å². The van der Waals surface area contributed by atoms with Crippen LogP contribution in [-0.4, -0.2) is 20.4 Å². The van der Waals surface area contributed by atoms with Gasteiger partial charge in [0, 0.05) is 17.4 Å². The lowest BCUT2D eigenvalue weighted by atomic mass is 10.0. The number of anilines is 1. The fourth-order valence-corrected chi connectivity index (χ4v) is 3.77. The molecule has 0 aliphatic heterocycles. The van der Waals surface area contributed by atoms with Crippen molar-refractivity contribution in [3.8, 4) is 5.69 Å². The second-order valence-corrected chi connectivity index (χ2v) is 7.21. The zero-order valence-electron chi connectivity index (χ0n) is 16.7. The molecule has 6 heteroatoms. The van der Waals surface area contributed by atoms with Gasteiger partial charge in [0.2, 0.25) is 0 Å². The monoisotopic (exact) mass is 406 g/mol. The van der Waals surface area contributed by atoms with E-state index in [9.17, 15) is 9.59 Å². The highest BCUT2D eigenvalue weighted by molar-refractivity contribution is 6.13. The van der Waals surface area contributed by atoms with Gasteiger partial charge < -0.3 is 5.32 Å². The lowest BCUT2D eigenvalue weighted by Gasteiger charge is -2.13. The quantitative estimate of drug-likeness (QED) is 0.479. The first kappa shape index (κ1) is 18.7. The van der Waals surface area contributed by atoms with Crippen LogP contribution in [0.25, 0.3) is 27.5 Å². The standard InChI is InChI=1S/C25H18N4O2/c1-16-27-23-22(13-6-14-26-23)25(31)29(16)19-10-5-9-18(15-19)28-24(30)21-12-4-8-17-7-2-3-11-20(17)21/h2-15H,1H3,(H,28,30). The second-order valence-electron chi connectivity index (χ2n) is 7.21. The molecule has 0 fully saturated rings. The van der Waals surface area contributed by atoms with Crippen LogP contribution in [0.15, 0.2) is 89.9 Å². The maximum Gasteiger partial charge on any atom is 0.267 e. The molecule has 3 aromatic carbocycles. The highest BCUT2D eigenvalue weighted by atomic mass is 16.1. The van der Waals surface area contributed by atoms with Gasteiger partial charge in [-0.2, -0.15) is 0 Å². The molecule has 0 atom stereocenters. The minimum atomic E-state index is -0.209. The molecule has 0 spiro atoms. The third kappa shape index (κ3) is 3.34. The van der Waals surface area contributed by atoms with Gasteiger partial charge in [-0.3, -0.25) is 14.2 Å². The molecule has 5 rings (SSSR count). The Balaban J connectivity index is 1.54. The zero-order valence-corrected chi connectivity index (χ0v) is 16.7. The molecule has 1 amide bonds. The summed E-state index contributed by atoms with van der Waals surface area (Å²) in [4.78, 5) is 34.7. The number of nitrogens with one attached hydrogen (secondary N) is 1. The van der Waals surface area contributed by atoms with E-state index in [1.54, 1.807) is 49.5 Å². The Kier molecular flexibility index (Phi) is 4.52. The summed E-state index contributed by atoms with van der Waals surface area (Å²) in [5.41, 5.74) is 2.02. The third-order valence-corrected chi connectivity index (χ3v) is 5.21. The van der Waals surface area contributed by atoms with Crippen LogP contribution in [0.3, 0.4) is 0 Å². The predicted octanol–water partition coefficient (Wildman–Crippen LogP) is 4.49. The van der Waals surface area contributed by atoms with Crippen LogP contribution in [0.1, 0.15) is 16.2 Å². The topological polar surface area (TPSA) is 76.9 Å². The lowest BCUT2D eigenvalue weighted by molar-refractivity contribution is 0.102. The normalized spacial score (nSPS) is 11.0. The first-order valence-corrected chi connectivity index (χ1v) is 9.86. The van der Waals surface area contributed by atoms with E-state index in [1.165, 1.54) is 4.57 Å². The fourth-order valence-electron chi connectivity index (χ4n) is 3.77. The summed E-state index contributed by atoms with van der Waals surface area (Å²) in [6, 6.07) is 24.0. The second kappa shape index (κ2) is 7.50. The van der Waals surface area contributed by atoms with Crippen LogP contribution in [-0.2, 0) is 0 Å². The minimum absolute atomic E-state index is 0.201. The summed E-state index contributed by atoms with van der Waals surface area (Å²) in [5, 5.41) is 5.28. The number of carbonyl (C=O) groups excluding carboxylic acids is 1. The number of nitrogens with zero attached hydrogens (tertiary/aromatic N) is 3. The largest absolute Gasteiger partial charge is 0.322 e.